The lowest BCUT2D eigenvalue weighted by Crippen LogP contribution is -1.97. The summed E-state index contributed by atoms with van der Waals surface area (Å²) in [5.74, 6) is -0.0917. The predicted octanol–water partition coefficient (Wildman–Crippen LogP) is 3.23. The highest BCUT2D eigenvalue weighted by atomic mass is 16.4. The van der Waals surface area contributed by atoms with E-state index >= 15 is 0 Å². The molecule has 0 fully saturated rings. The molecule has 0 saturated carbocycles. The lowest BCUT2D eigenvalue weighted by Gasteiger charge is -2.06. The van der Waals surface area contributed by atoms with Gasteiger partial charge in [-0.3, -0.25) is 0 Å². The summed E-state index contributed by atoms with van der Waals surface area (Å²) in [5.41, 5.74) is 0.462. The van der Waals surface area contributed by atoms with Gasteiger partial charge >= 0.3 is 5.97 Å². The number of rotatable bonds is 6. The molecule has 2 heteroatoms. The van der Waals surface area contributed by atoms with Gasteiger partial charge in [-0.25, -0.2) is 4.79 Å². The average Bonchev–Trinajstić information content (AvgIpc) is 2.04. The van der Waals surface area contributed by atoms with Crippen LogP contribution in [0.5, 0.6) is 0 Å². The highest BCUT2D eigenvalue weighted by Crippen LogP contribution is 2.13. The van der Waals surface area contributed by atoms with Gasteiger partial charge < -0.3 is 5.11 Å². The van der Waals surface area contributed by atoms with Gasteiger partial charge in [-0.1, -0.05) is 32.8 Å². The van der Waals surface area contributed by atoms with Gasteiger partial charge in [-0.05, 0) is 25.7 Å². The minimum atomic E-state index is -0.803. The van der Waals surface area contributed by atoms with E-state index in [-0.39, 0.29) is 0 Å². The number of aliphatic carboxylic acids is 1. The first-order valence-electron chi connectivity index (χ1n) is 4.98. The summed E-state index contributed by atoms with van der Waals surface area (Å²) >= 11 is 0. The molecule has 0 spiro atoms. The first kappa shape index (κ1) is 12.2. The van der Waals surface area contributed by atoms with Crippen molar-refractivity contribution in [2.75, 3.05) is 0 Å². The van der Waals surface area contributed by atoms with Crippen molar-refractivity contribution in [1.29, 1.82) is 0 Å². The van der Waals surface area contributed by atoms with Crippen LogP contribution >= 0.6 is 0 Å². The van der Waals surface area contributed by atoms with Crippen LogP contribution in [-0.4, -0.2) is 11.1 Å². The Kier molecular flexibility index (Phi) is 6.29. The maximum absolute atomic E-state index is 10.4. The van der Waals surface area contributed by atoms with Crippen molar-refractivity contribution in [3.05, 3.63) is 11.6 Å². The van der Waals surface area contributed by atoms with E-state index in [4.69, 9.17) is 5.11 Å². The molecule has 1 unspecified atom stereocenters. The van der Waals surface area contributed by atoms with Crippen LogP contribution < -0.4 is 0 Å². The fourth-order valence-corrected chi connectivity index (χ4v) is 1.31. The van der Waals surface area contributed by atoms with Gasteiger partial charge in [0.05, 0.1) is 0 Å². The molecule has 13 heavy (non-hydrogen) atoms. The fraction of sp³-hybridized carbons (Fsp3) is 0.727. The molecular weight excluding hydrogens is 164 g/mol. The zero-order valence-electron chi connectivity index (χ0n) is 8.84. The Hall–Kier alpha value is -0.790. The second kappa shape index (κ2) is 6.70. The van der Waals surface area contributed by atoms with E-state index in [1.165, 1.54) is 12.8 Å². The molecule has 0 rings (SSSR count). The Bertz CT molecular complexity index is 183. The average molecular weight is 184 g/mol. The molecule has 0 amide bonds. The quantitative estimate of drug-likeness (QED) is 0.643. The summed E-state index contributed by atoms with van der Waals surface area (Å²) in [7, 11) is 0. The van der Waals surface area contributed by atoms with Gasteiger partial charge in [0.2, 0.25) is 0 Å². The minimum absolute atomic E-state index is 0.462. The first-order chi connectivity index (χ1) is 6.07. The molecule has 0 aliphatic carbocycles. The van der Waals surface area contributed by atoms with Gasteiger partial charge in [0, 0.05) is 5.57 Å². The SMILES string of the molecule is CCCC(C)CCC=C(C)C(=O)O. The maximum Gasteiger partial charge on any atom is 0.330 e. The van der Waals surface area contributed by atoms with Gasteiger partial charge in [-0.15, -0.1) is 0 Å². The van der Waals surface area contributed by atoms with Crippen molar-refractivity contribution in [2.45, 2.75) is 46.5 Å². The van der Waals surface area contributed by atoms with E-state index in [9.17, 15) is 4.79 Å². The number of carboxylic acids is 1. The molecule has 0 saturated heterocycles. The van der Waals surface area contributed by atoms with Crippen LogP contribution in [0.3, 0.4) is 0 Å². The van der Waals surface area contributed by atoms with E-state index in [0.29, 0.717) is 11.5 Å². The monoisotopic (exact) mass is 184 g/mol. The standard InChI is InChI=1S/C11H20O2/c1-4-6-9(2)7-5-8-10(3)11(12)13/h8-9H,4-7H2,1-3H3,(H,12,13). The van der Waals surface area contributed by atoms with Crippen LogP contribution in [0.2, 0.25) is 0 Å². The predicted molar refractivity (Wildman–Crippen MR) is 54.7 cm³/mol. The van der Waals surface area contributed by atoms with Crippen LogP contribution in [-0.2, 0) is 4.79 Å². The van der Waals surface area contributed by atoms with Gasteiger partial charge in [0.15, 0.2) is 0 Å². The summed E-state index contributed by atoms with van der Waals surface area (Å²) < 4.78 is 0. The molecule has 76 valence electrons. The number of hydrogen-bond donors (Lipinski definition) is 1. The molecule has 0 aromatic carbocycles. The van der Waals surface area contributed by atoms with E-state index in [2.05, 4.69) is 13.8 Å². The van der Waals surface area contributed by atoms with E-state index < -0.39 is 5.97 Å². The van der Waals surface area contributed by atoms with E-state index in [0.717, 1.165) is 12.8 Å². The van der Waals surface area contributed by atoms with Crippen molar-refractivity contribution in [3.8, 4) is 0 Å². The summed E-state index contributed by atoms with van der Waals surface area (Å²) in [4.78, 5) is 10.4. The van der Waals surface area contributed by atoms with Crippen LogP contribution in [0, 0.1) is 5.92 Å². The molecule has 1 N–H and O–H groups in total. The van der Waals surface area contributed by atoms with Crippen molar-refractivity contribution < 1.29 is 9.90 Å². The third-order valence-electron chi connectivity index (χ3n) is 2.23. The second-order valence-electron chi connectivity index (χ2n) is 3.66. The smallest absolute Gasteiger partial charge is 0.330 e. The lowest BCUT2D eigenvalue weighted by atomic mass is 10.00. The summed E-state index contributed by atoms with van der Waals surface area (Å²) in [6, 6.07) is 0. The Morgan fingerprint density at radius 3 is 2.54 bits per heavy atom. The highest BCUT2D eigenvalue weighted by molar-refractivity contribution is 5.85. The number of carboxylic acid groups (broad SMARTS) is 1. The Morgan fingerprint density at radius 1 is 1.46 bits per heavy atom. The van der Waals surface area contributed by atoms with Crippen molar-refractivity contribution >= 4 is 5.97 Å². The van der Waals surface area contributed by atoms with E-state index in [1.54, 1.807) is 6.92 Å². The van der Waals surface area contributed by atoms with Crippen molar-refractivity contribution in [2.24, 2.45) is 5.92 Å². The number of carbonyl (C=O) groups is 1. The molecule has 1 atom stereocenters. The molecule has 0 radical (unpaired) electrons. The fourth-order valence-electron chi connectivity index (χ4n) is 1.31. The van der Waals surface area contributed by atoms with Crippen LogP contribution in [0.25, 0.3) is 0 Å². The Morgan fingerprint density at radius 2 is 2.08 bits per heavy atom. The molecule has 0 aliphatic heterocycles. The first-order valence-corrected chi connectivity index (χ1v) is 4.98. The Balaban J connectivity index is 3.65. The summed E-state index contributed by atoms with van der Waals surface area (Å²) in [6.07, 6.45) is 6.25. The zero-order chi connectivity index (χ0) is 10.3. The maximum atomic E-state index is 10.4. The van der Waals surface area contributed by atoms with Gasteiger partial charge in [-0.2, -0.15) is 0 Å². The van der Waals surface area contributed by atoms with Crippen LogP contribution in [0.4, 0.5) is 0 Å². The van der Waals surface area contributed by atoms with Crippen LogP contribution in [0.15, 0.2) is 11.6 Å². The number of hydrogen-bond acceptors (Lipinski definition) is 1. The van der Waals surface area contributed by atoms with Crippen LogP contribution in [0.1, 0.15) is 46.5 Å². The molecule has 0 bridgehead atoms. The van der Waals surface area contributed by atoms with E-state index in [1.807, 2.05) is 6.08 Å². The van der Waals surface area contributed by atoms with Crippen molar-refractivity contribution in [1.82, 2.24) is 0 Å². The zero-order valence-corrected chi connectivity index (χ0v) is 8.84. The molecule has 0 aromatic heterocycles. The summed E-state index contributed by atoms with van der Waals surface area (Å²) in [6.45, 7) is 6.04. The molecule has 0 heterocycles. The number of allylic oxidation sites excluding steroid dienone is 1. The molecule has 2 nitrogen and oxygen atoms in total. The second-order valence-corrected chi connectivity index (χ2v) is 3.66. The third kappa shape index (κ3) is 6.38. The third-order valence-corrected chi connectivity index (χ3v) is 2.23. The molecule has 0 aromatic rings. The highest BCUT2D eigenvalue weighted by Gasteiger charge is 2.01. The van der Waals surface area contributed by atoms with Gasteiger partial charge in [0.25, 0.3) is 0 Å². The largest absolute Gasteiger partial charge is 0.478 e. The van der Waals surface area contributed by atoms with Gasteiger partial charge in [0.1, 0.15) is 0 Å². The minimum Gasteiger partial charge on any atom is -0.478 e. The Labute approximate surface area is 80.7 Å². The normalized spacial score (nSPS) is 14.2. The topological polar surface area (TPSA) is 37.3 Å². The summed E-state index contributed by atoms with van der Waals surface area (Å²) in [5, 5.41) is 8.58. The van der Waals surface area contributed by atoms with Crippen molar-refractivity contribution in [3.63, 3.8) is 0 Å². The molecule has 0 aliphatic rings. The molecular formula is C11H20O2. The lowest BCUT2D eigenvalue weighted by molar-refractivity contribution is -0.132.